The SMILES string of the molecule is CC(C)=CCCC(C)=CC[C@@]1(CC=C(C)C)C(=O)C(O)=Cc2oc3c(c(=O)c21)C(O)=CC(=O)C3(CC=C(C)C)CC=C(C)C. The maximum atomic E-state index is 14.6. The number of ketones is 2. The van der Waals surface area contributed by atoms with Gasteiger partial charge in [-0.1, -0.05) is 58.2 Å². The minimum absolute atomic E-state index is 0.0462. The summed E-state index contributed by atoms with van der Waals surface area (Å²) in [7, 11) is 0. The van der Waals surface area contributed by atoms with E-state index < -0.39 is 33.6 Å². The van der Waals surface area contributed by atoms with Crippen LogP contribution in [0.5, 0.6) is 0 Å². The lowest BCUT2D eigenvalue weighted by molar-refractivity contribution is -0.124. The number of Topliss-reactive ketones (excluding diaryl/α,β-unsaturated/α-hetero) is 1. The standard InChI is InChI=1S/C38H48O6/c1-23(2)11-10-12-27(9)16-20-38(19-15-26(7)8)33-30(21-29(40)35(38)43)44-36-32(34(33)42)28(39)22-31(41)37(36,17-13-24(3)4)18-14-25(5)6/h11,13-16,21-22,39-40H,10,12,17-20H2,1-9H3/t38-/m1/s1. The number of aliphatic hydroxyl groups excluding tert-OH is 2. The van der Waals surface area contributed by atoms with Crippen LogP contribution in [0.2, 0.25) is 0 Å². The molecule has 0 fully saturated rings. The summed E-state index contributed by atoms with van der Waals surface area (Å²) in [6.45, 7) is 17.6. The van der Waals surface area contributed by atoms with Gasteiger partial charge in [-0.05, 0) is 101 Å². The van der Waals surface area contributed by atoms with Gasteiger partial charge in [-0.2, -0.15) is 0 Å². The van der Waals surface area contributed by atoms with E-state index in [4.69, 9.17) is 4.42 Å². The Bertz CT molecular complexity index is 1580. The van der Waals surface area contributed by atoms with Crippen LogP contribution in [-0.2, 0) is 20.4 Å². The number of carbonyl (C=O) groups is 2. The van der Waals surface area contributed by atoms with E-state index in [9.17, 15) is 24.6 Å². The van der Waals surface area contributed by atoms with Crippen molar-refractivity contribution in [2.45, 2.75) is 112 Å². The normalized spacial score (nSPS) is 18.8. The Hall–Kier alpha value is -3.93. The molecule has 0 spiro atoms. The van der Waals surface area contributed by atoms with Gasteiger partial charge in [0.2, 0.25) is 11.2 Å². The third-order valence-corrected chi connectivity index (χ3v) is 8.45. The average Bonchev–Trinajstić information content (AvgIpc) is 2.92. The van der Waals surface area contributed by atoms with Crippen LogP contribution >= 0.6 is 0 Å². The molecule has 1 heterocycles. The summed E-state index contributed by atoms with van der Waals surface area (Å²) in [4.78, 5) is 42.3. The topological polar surface area (TPSA) is 105 Å². The number of rotatable bonds is 11. The van der Waals surface area contributed by atoms with Gasteiger partial charge in [-0.15, -0.1) is 0 Å². The van der Waals surface area contributed by atoms with Crippen molar-refractivity contribution in [3.05, 3.63) is 103 Å². The summed E-state index contributed by atoms with van der Waals surface area (Å²) < 4.78 is 6.49. The van der Waals surface area contributed by atoms with Gasteiger partial charge in [0.25, 0.3) is 0 Å². The quantitative estimate of drug-likeness (QED) is 0.245. The molecule has 236 valence electrons. The second-order valence-corrected chi connectivity index (χ2v) is 13.3. The monoisotopic (exact) mass is 600 g/mol. The van der Waals surface area contributed by atoms with Crippen LogP contribution in [0.1, 0.15) is 123 Å². The summed E-state index contributed by atoms with van der Waals surface area (Å²) in [5, 5.41) is 22.2. The van der Waals surface area contributed by atoms with Crippen molar-refractivity contribution >= 4 is 23.4 Å². The first-order valence-electron chi connectivity index (χ1n) is 15.4. The van der Waals surface area contributed by atoms with Crippen molar-refractivity contribution in [3.8, 4) is 0 Å². The van der Waals surface area contributed by atoms with Crippen molar-refractivity contribution in [2.24, 2.45) is 0 Å². The molecule has 0 saturated carbocycles. The van der Waals surface area contributed by atoms with Crippen molar-refractivity contribution in [1.82, 2.24) is 0 Å². The van der Waals surface area contributed by atoms with Crippen LogP contribution < -0.4 is 5.43 Å². The van der Waals surface area contributed by atoms with E-state index in [0.717, 1.165) is 41.2 Å². The Balaban J connectivity index is 2.39. The molecule has 0 amide bonds. The Morgan fingerprint density at radius 2 is 1.18 bits per heavy atom. The zero-order valence-electron chi connectivity index (χ0n) is 27.8. The van der Waals surface area contributed by atoms with E-state index in [1.807, 2.05) is 86.6 Å². The average molecular weight is 601 g/mol. The van der Waals surface area contributed by atoms with Crippen molar-refractivity contribution in [2.75, 3.05) is 0 Å². The van der Waals surface area contributed by atoms with Gasteiger partial charge in [0, 0.05) is 12.2 Å². The molecule has 0 radical (unpaired) electrons. The van der Waals surface area contributed by atoms with Crippen LogP contribution in [0, 0.1) is 0 Å². The van der Waals surface area contributed by atoms with Crippen LogP contribution in [0.15, 0.2) is 79.3 Å². The molecular weight excluding hydrogens is 552 g/mol. The zero-order valence-corrected chi connectivity index (χ0v) is 27.8. The molecule has 44 heavy (non-hydrogen) atoms. The van der Waals surface area contributed by atoms with Gasteiger partial charge in [0.15, 0.2) is 11.5 Å². The number of aliphatic hydroxyl groups is 2. The number of hydrogen-bond donors (Lipinski definition) is 2. The molecule has 1 aromatic rings. The zero-order chi connectivity index (χ0) is 33.0. The highest BCUT2D eigenvalue weighted by atomic mass is 16.3. The lowest BCUT2D eigenvalue weighted by Gasteiger charge is -2.37. The third kappa shape index (κ3) is 7.06. The molecule has 0 saturated heterocycles. The number of carbonyl (C=O) groups excluding carboxylic acids is 2. The fourth-order valence-corrected chi connectivity index (χ4v) is 5.79. The molecule has 2 aliphatic rings. The first-order chi connectivity index (χ1) is 20.6. The van der Waals surface area contributed by atoms with Gasteiger partial charge in [-0.25, -0.2) is 0 Å². The third-order valence-electron chi connectivity index (χ3n) is 8.45. The molecule has 3 rings (SSSR count). The Morgan fingerprint density at radius 3 is 1.70 bits per heavy atom. The number of fused-ring (bicyclic) bond motifs is 2. The van der Waals surface area contributed by atoms with E-state index in [1.54, 1.807) is 0 Å². The number of allylic oxidation sites excluding steroid dienone is 12. The van der Waals surface area contributed by atoms with E-state index >= 15 is 0 Å². The highest BCUT2D eigenvalue weighted by Gasteiger charge is 2.52. The highest BCUT2D eigenvalue weighted by molar-refractivity contribution is 6.09. The molecule has 2 aliphatic carbocycles. The summed E-state index contributed by atoms with van der Waals surface area (Å²) in [6.07, 6.45) is 14.6. The second kappa shape index (κ2) is 13.8. The van der Waals surface area contributed by atoms with Crippen LogP contribution in [0.3, 0.4) is 0 Å². The van der Waals surface area contributed by atoms with Gasteiger partial charge in [0.1, 0.15) is 22.8 Å². The Kier molecular flexibility index (Phi) is 10.8. The maximum absolute atomic E-state index is 14.6. The minimum atomic E-state index is -1.46. The predicted octanol–water partition coefficient (Wildman–Crippen LogP) is 9.23. The van der Waals surface area contributed by atoms with Crippen molar-refractivity contribution < 1.29 is 24.2 Å². The molecule has 6 nitrogen and oxygen atoms in total. The van der Waals surface area contributed by atoms with Gasteiger partial charge in [-0.3, -0.25) is 14.4 Å². The molecule has 6 heteroatoms. The molecule has 1 aromatic heterocycles. The van der Waals surface area contributed by atoms with Crippen molar-refractivity contribution in [3.63, 3.8) is 0 Å². The lowest BCUT2D eigenvalue weighted by atomic mass is 9.65. The minimum Gasteiger partial charge on any atom is -0.507 e. The molecular formula is C38H48O6. The van der Waals surface area contributed by atoms with Crippen LogP contribution in [0.25, 0.3) is 11.8 Å². The summed E-state index contributed by atoms with van der Waals surface area (Å²) in [5.74, 6) is -1.80. The first-order valence-corrected chi connectivity index (χ1v) is 15.4. The summed E-state index contributed by atoms with van der Waals surface area (Å²) >= 11 is 0. The number of hydrogen-bond acceptors (Lipinski definition) is 6. The summed E-state index contributed by atoms with van der Waals surface area (Å²) in [6, 6.07) is 0. The molecule has 0 unspecified atom stereocenters. The van der Waals surface area contributed by atoms with E-state index in [1.165, 1.54) is 11.6 Å². The Morgan fingerprint density at radius 1 is 0.682 bits per heavy atom. The van der Waals surface area contributed by atoms with Gasteiger partial charge < -0.3 is 14.6 Å². The second-order valence-electron chi connectivity index (χ2n) is 13.3. The molecule has 2 N–H and O–H groups in total. The highest BCUT2D eigenvalue weighted by Crippen LogP contribution is 2.47. The fourth-order valence-electron chi connectivity index (χ4n) is 5.79. The lowest BCUT2D eigenvalue weighted by Crippen LogP contribution is -2.46. The van der Waals surface area contributed by atoms with Crippen LogP contribution in [-0.4, -0.2) is 21.8 Å². The smallest absolute Gasteiger partial charge is 0.208 e. The van der Waals surface area contributed by atoms with Crippen LogP contribution in [0.4, 0.5) is 0 Å². The fraction of sp³-hybridized carbons (Fsp3) is 0.447. The predicted molar refractivity (Wildman–Crippen MR) is 179 cm³/mol. The van der Waals surface area contributed by atoms with Gasteiger partial charge >= 0.3 is 0 Å². The molecule has 0 bridgehead atoms. The van der Waals surface area contributed by atoms with E-state index in [2.05, 4.69) is 6.08 Å². The van der Waals surface area contributed by atoms with E-state index in [-0.39, 0.29) is 54.1 Å². The molecule has 0 aromatic carbocycles. The van der Waals surface area contributed by atoms with E-state index in [0.29, 0.717) is 0 Å². The van der Waals surface area contributed by atoms with Gasteiger partial charge in [0.05, 0.1) is 16.4 Å². The largest absolute Gasteiger partial charge is 0.507 e. The molecule has 1 atom stereocenters. The summed E-state index contributed by atoms with van der Waals surface area (Å²) in [5.41, 5.74) is 1.92. The molecule has 0 aliphatic heterocycles. The van der Waals surface area contributed by atoms with Crippen molar-refractivity contribution in [1.29, 1.82) is 0 Å². The maximum Gasteiger partial charge on any atom is 0.208 e. The Labute approximate surface area is 262 Å². The first kappa shape index (κ1) is 34.6.